The lowest BCUT2D eigenvalue weighted by atomic mass is 10.1. The average Bonchev–Trinajstić information content (AvgIpc) is 2.63. The summed E-state index contributed by atoms with van der Waals surface area (Å²) in [4.78, 5) is -2.80. The predicted octanol–water partition coefficient (Wildman–Crippen LogP) is 2.11. The molecule has 0 spiro atoms. The van der Waals surface area contributed by atoms with E-state index in [0.717, 1.165) is 0 Å². The Morgan fingerprint density at radius 1 is 0.682 bits per heavy atom. The Morgan fingerprint density at radius 3 is 1.23 bits per heavy atom. The van der Waals surface area contributed by atoms with E-state index in [-0.39, 0.29) is 32.4 Å². The van der Waals surface area contributed by atoms with Gasteiger partial charge in [-0.15, -0.1) is 0 Å². The van der Waals surface area contributed by atoms with E-state index in [1.54, 1.807) is 13.8 Å². The monoisotopic (exact) mass is 346 g/mol. The highest BCUT2D eigenvalue weighted by molar-refractivity contribution is 7.93. The van der Waals surface area contributed by atoms with Crippen LogP contribution in [0.1, 0.15) is 38.8 Å². The molecular weight excluding hydrogens is 328 g/mol. The van der Waals surface area contributed by atoms with Gasteiger partial charge in [-0.1, -0.05) is 0 Å². The lowest BCUT2D eigenvalue weighted by molar-refractivity contribution is 0.197. The van der Waals surface area contributed by atoms with Crippen LogP contribution >= 0.6 is 0 Å². The maximum absolute atomic E-state index is 12.7. The third kappa shape index (κ3) is 1.49. The summed E-state index contributed by atoms with van der Waals surface area (Å²) in [6.07, 6.45) is 0. The fraction of sp³-hybridized carbons (Fsp3) is 0.571. The van der Waals surface area contributed by atoms with E-state index >= 15 is 0 Å². The summed E-state index contributed by atoms with van der Waals surface area (Å²) >= 11 is 0. The van der Waals surface area contributed by atoms with Crippen molar-refractivity contribution in [1.82, 2.24) is 0 Å². The summed E-state index contributed by atoms with van der Waals surface area (Å²) < 4.78 is 61.9. The number of hydrogen-bond acceptors (Lipinski definition) is 6. The van der Waals surface area contributed by atoms with Gasteiger partial charge in [-0.05, 0) is 41.5 Å². The lowest BCUT2D eigenvalue weighted by Crippen LogP contribution is -2.33. The van der Waals surface area contributed by atoms with Gasteiger partial charge in [-0.25, -0.2) is 16.8 Å². The van der Waals surface area contributed by atoms with Crippen LogP contribution in [-0.2, 0) is 19.7 Å². The van der Waals surface area contributed by atoms with Crippen LogP contribution in [0, 0.1) is 13.8 Å². The van der Waals surface area contributed by atoms with Crippen molar-refractivity contribution in [3.63, 3.8) is 0 Å². The molecule has 8 heteroatoms. The summed E-state index contributed by atoms with van der Waals surface area (Å²) in [5.41, 5.74) is 0.575. The first-order valence-corrected chi connectivity index (χ1v) is 9.77. The molecule has 3 rings (SSSR count). The first-order chi connectivity index (χ1) is 9.76. The topological polar surface area (TPSA) is 86.7 Å². The standard InChI is InChI=1S/C14H18O6S2/c1-7-9-12(22(17,18)13(3,4)19-9)8(2)10-11(7)21(15,16)14(5,6)20-10/h1-6H3. The third-order valence-electron chi connectivity index (χ3n) is 4.30. The molecular formula is C14H18O6S2. The van der Waals surface area contributed by atoms with Crippen LogP contribution in [0.5, 0.6) is 11.5 Å². The molecule has 0 bridgehead atoms. The first-order valence-electron chi connectivity index (χ1n) is 6.80. The average molecular weight is 346 g/mol. The molecule has 0 unspecified atom stereocenters. The molecule has 0 saturated carbocycles. The van der Waals surface area contributed by atoms with Crippen LogP contribution in [0.3, 0.4) is 0 Å². The maximum atomic E-state index is 12.7. The number of sulfone groups is 2. The van der Waals surface area contributed by atoms with E-state index in [4.69, 9.17) is 9.47 Å². The normalized spacial score (nSPS) is 25.0. The van der Waals surface area contributed by atoms with E-state index in [0.29, 0.717) is 0 Å². The number of fused-ring (bicyclic) bond motifs is 2. The second-order valence-corrected chi connectivity index (χ2v) is 11.4. The fourth-order valence-corrected chi connectivity index (χ4v) is 6.11. The Kier molecular flexibility index (Phi) is 2.69. The largest absolute Gasteiger partial charge is 0.470 e. The minimum absolute atomic E-state index is 0.0293. The highest BCUT2D eigenvalue weighted by Crippen LogP contribution is 2.55. The summed E-state index contributed by atoms with van der Waals surface area (Å²) in [6, 6.07) is 0. The molecule has 0 radical (unpaired) electrons. The Morgan fingerprint density at radius 2 is 0.955 bits per heavy atom. The molecule has 0 atom stereocenters. The zero-order valence-corrected chi connectivity index (χ0v) is 14.9. The van der Waals surface area contributed by atoms with Crippen molar-refractivity contribution in [2.45, 2.75) is 61.2 Å². The minimum atomic E-state index is -3.73. The second kappa shape index (κ2) is 3.79. The molecule has 122 valence electrons. The van der Waals surface area contributed by atoms with Crippen molar-refractivity contribution >= 4 is 19.7 Å². The Bertz CT molecular complexity index is 843. The van der Waals surface area contributed by atoms with Crippen molar-refractivity contribution < 1.29 is 26.3 Å². The SMILES string of the molecule is Cc1c2c(c(C)c3c1S(=O)(=O)C(C)(C)O3)S(=O)(=O)C(C)(C)O2. The van der Waals surface area contributed by atoms with Crippen LogP contribution in [0.25, 0.3) is 0 Å². The zero-order chi connectivity index (χ0) is 16.9. The maximum Gasteiger partial charge on any atom is 0.222 e. The van der Waals surface area contributed by atoms with E-state index in [2.05, 4.69) is 0 Å². The van der Waals surface area contributed by atoms with E-state index in [9.17, 15) is 16.8 Å². The third-order valence-corrected chi connectivity index (χ3v) is 9.12. The van der Waals surface area contributed by atoms with E-state index < -0.39 is 29.5 Å². The molecule has 1 aromatic rings. The summed E-state index contributed by atoms with van der Waals surface area (Å²) in [5, 5.41) is 0. The molecule has 0 aliphatic carbocycles. The van der Waals surface area contributed by atoms with Crippen LogP contribution in [0.15, 0.2) is 9.79 Å². The van der Waals surface area contributed by atoms with Crippen molar-refractivity contribution in [2.24, 2.45) is 0 Å². The van der Waals surface area contributed by atoms with Gasteiger partial charge >= 0.3 is 0 Å². The second-order valence-electron chi connectivity index (χ2n) is 6.58. The molecule has 2 aliphatic heterocycles. The number of hydrogen-bond donors (Lipinski definition) is 0. The van der Waals surface area contributed by atoms with Gasteiger partial charge in [-0.3, -0.25) is 0 Å². The van der Waals surface area contributed by atoms with Crippen molar-refractivity contribution in [2.75, 3.05) is 0 Å². The highest BCUT2D eigenvalue weighted by atomic mass is 32.2. The molecule has 2 heterocycles. The van der Waals surface area contributed by atoms with Crippen molar-refractivity contribution in [3.8, 4) is 11.5 Å². The lowest BCUT2D eigenvalue weighted by Gasteiger charge is -2.18. The zero-order valence-electron chi connectivity index (χ0n) is 13.3. The predicted molar refractivity (Wildman–Crippen MR) is 79.7 cm³/mol. The van der Waals surface area contributed by atoms with E-state index in [1.165, 1.54) is 27.7 Å². The van der Waals surface area contributed by atoms with Gasteiger partial charge in [0.15, 0.2) is 0 Å². The number of benzene rings is 1. The van der Waals surface area contributed by atoms with Gasteiger partial charge in [0.05, 0.1) is 0 Å². The molecule has 0 N–H and O–H groups in total. The number of rotatable bonds is 0. The van der Waals surface area contributed by atoms with Crippen LogP contribution in [0.4, 0.5) is 0 Å². The Hall–Kier alpha value is -1.28. The quantitative estimate of drug-likeness (QED) is 0.715. The fourth-order valence-electron chi connectivity index (χ4n) is 2.87. The molecule has 0 amide bonds. The van der Waals surface area contributed by atoms with Crippen LogP contribution < -0.4 is 9.47 Å². The van der Waals surface area contributed by atoms with Crippen molar-refractivity contribution in [1.29, 1.82) is 0 Å². The number of ether oxygens (including phenoxy) is 2. The smallest absolute Gasteiger partial charge is 0.222 e. The van der Waals surface area contributed by atoms with Crippen LogP contribution in [-0.4, -0.2) is 26.7 Å². The minimum Gasteiger partial charge on any atom is -0.470 e. The van der Waals surface area contributed by atoms with E-state index in [1.807, 2.05) is 0 Å². The summed E-state index contributed by atoms with van der Waals surface area (Å²) in [6.45, 7) is 8.90. The van der Waals surface area contributed by atoms with Crippen molar-refractivity contribution in [3.05, 3.63) is 11.1 Å². The van der Waals surface area contributed by atoms with Gasteiger partial charge in [0.2, 0.25) is 29.5 Å². The van der Waals surface area contributed by atoms with Gasteiger partial charge in [-0.2, -0.15) is 0 Å². The first kappa shape index (κ1) is 15.6. The van der Waals surface area contributed by atoms with Crippen LogP contribution in [0.2, 0.25) is 0 Å². The molecule has 6 nitrogen and oxygen atoms in total. The highest BCUT2D eigenvalue weighted by Gasteiger charge is 2.55. The van der Waals surface area contributed by atoms with Gasteiger partial charge in [0.25, 0.3) is 0 Å². The van der Waals surface area contributed by atoms with Gasteiger partial charge in [0.1, 0.15) is 21.3 Å². The summed E-state index contributed by atoms with van der Waals surface area (Å²) in [5.74, 6) is 0.234. The molecule has 1 aromatic carbocycles. The molecule has 2 aliphatic rings. The summed E-state index contributed by atoms with van der Waals surface area (Å²) in [7, 11) is -7.46. The van der Waals surface area contributed by atoms with Gasteiger partial charge in [0, 0.05) is 11.1 Å². The Labute approximate surface area is 130 Å². The Balaban J connectivity index is 2.50. The van der Waals surface area contributed by atoms with Gasteiger partial charge < -0.3 is 9.47 Å². The molecule has 0 fully saturated rings. The molecule has 22 heavy (non-hydrogen) atoms. The molecule has 0 saturated heterocycles. The molecule has 0 aromatic heterocycles.